The normalized spacial score (nSPS) is 16.3. The molecule has 0 radical (unpaired) electrons. The number of anilines is 2. The van der Waals surface area contributed by atoms with E-state index in [0.29, 0.717) is 11.3 Å². The summed E-state index contributed by atoms with van der Waals surface area (Å²) < 4.78 is 27.1. The molecule has 0 aromatic heterocycles. The largest absolute Gasteiger partial charge is 0.324 e. The Morgan fingerprint density at radius 3 is 2.67 bits per heavy atom. The molecular formula is C17H14F2N2O2S. The van der Waals surface area contributed by atoms with Crippen molar-refractivity contribution in [3.63, 3.8) is 0 Å². The summed E-state index contributed by atoms with van der Waals surface area (Å²) in [6.45, 7) is 1.81. The summed E-state index contributed by atoms with van der Waals surface area (Å²) in [7, 11) is 0. The van der Waals surface area contributed by atoms with Gasteiger partial charge in [-0.05, 0) is 36.8 Å². The fourth-order valence-corrected chi connectivity index (χ4v) is 3.28. The maximum Gasteiger partial charge on any atom is 0.237 e. The standard InChI is InChI=1S/C17H14F2N2O2S/c1-9-17(23)20-13-7-10(5-6-14(13)24-9)8-15(22)21-16-11(18)3-2-4-12(16)19/h2-7,9H,8H2,1H3,(H,20,23)(H,21,22). The lowest BCUT2D eigenvalue weighted by Gasteiger charge is -2.21. The minimum absolute atomic E-state index is 0.0584. The fraction of sp³-hybridized carbons (Fsp3) is 0.176. The van der Waals surface area contributed by atoms with Gasteiger partial charge in [-0.25, -0.2) is 8.78 Å². The van der Waals surface area contributed by atoms with Gasteiger partial charge in [-0.3, -0.25) is 9.59 Å². The van der Waals surface area contributed by atoms with Crippen LogP contribution in [0.4, 0.5) is 20.2 Å². The number of benzene rings is 2. The number of amides is 2. The number of hydrogen-bond acceptors (Lipinski definition) is 3. The molecule has 0 aliphatic carbocycles. The second-order valence-corrected chi connectivity index (χ2v) is 6.78. The van der Waals surface area contributed by atoms with E-state index in [1.807, 2.05) is 13.0 Å². The number of hydrogen-bond donors (Lipinski definition) is 2. The van der Waals surface area contributed by atoms with Gasteiger partial charge in [-0.1, -0.05) is 12.1 Å². The molecule has 0 spiro atoms. The van der Waals surface area contributed by atoms with Gasteiger partial charge in [0.2, 0.25) is 11.8 Å². The Morgan fingerprint density at radius 1 is 1.25 bits per heavy atom. The van der Waals surface area contributed by atoms with Gasteiger partial charge < -0.3 is 10.6 Å². The quantitative estimate of drug-likeness (QED) is 0.891. The topological polar surface area (TPSA) is 58.2 Å². The Labute approximate surface area is 141 Å². The van der Waals surface area contributed by atoms with E-state index in [0.717, 1.165) is 17.0 Å². The first-order valence-electron chi connectivity index (χ1n) is 7.28. The van der Waals surface area contributed by atoms with Crippen LogP contribution in [0.5, 0.6) is 0 Å². The number of carbonyl (C=O) groups excluding carboxylic acids is 2. The van der Waals surface area contributed by atoms with Gasteiger partial charge in [-0.2, -0.15) is 0 Å². The summed E-state index contributed by atoms with van der Waals surface area (Å²) >= 11 is 1.44. The van der Waals surface area contributed by atoms with Gasteiger partial charge in [0.05, 0.1) is 17.4 Å². The first kappa shape index (κ1) is 16.4. The molecule has 1 atom stereocenters. The molecule has 2 aromatic carbocycles. The number of fused-ring (bicyclic) bond motifs is 1. The molecule has 3 rings (SSSR count). The smallest absolute Gasteiger partial charge is 0.237 e. The number of carbonyl (C=O) groups is 2. The van der Waals surface area contributed by atoms with E-state index in [1.165, 1.54) is 17.8 Å². The van der Waals surface area contributed by atoms with Gasteiger partial charge in [0.15, 0.2) is 0 Å². The zero-order chi connectivity index (χ0) is 17.3. The van der Waals surface area contributed by atoms with E-state index in [-0.39, 0.29) is 17.6 Å². The molecule has 4 nitrogen and oxygen atoms in total. The third-order valence-electron chi connectivity index (χ3n) is 3.57. The monoisotopic (exact) mass is 348 g/mol. The number of thioether (sulfide) groups is 1. The van der Waals surface area contributed by atoms with Crippen molar-refractivity contribution in [2.45, 2.75) is 23.5 Å². The summed E-state index contributed by atoms with van der Waals surface area (Å²) in [6, 6.07) is 8.65. The van der Waals surface area contributed by atoms with E-state index >= 15 is 0 Å². The first-order chi connectivity index (χ1) is 11.4. The lowest BCUT2D eigenvalue weighted by Crippen LogP contribution is -2.26. The molecule has 0 saturated carbocycles. The van der Waals surface area contributed by atoms with Crippen LogP contribution >= 0.6 is 11.8 Å². The third-order valence-corrected chi connectivity index (χ3v) is 4.74. The molecule has 1 heterocycles. The van der Waals surface area contributed by atoms with E-state index in [2.05, 4.69) is 10.6 Å². The SMILES string of the molecule is CC1Sc2ccc(CC(=O)Nc3c(F)cccc3F)cc2NC1=O. The van der Waals surface area contributed by atoms with Gasteiger partial charge >= 0.3 is 0 Å². The second-order valence-electron chi connectivity index (χ2n) is 5.40. The number of para-hydroxylation sites is 1. The first-order valence-corrected chi connectivity index (χ1v) is 8.16. The number of nitrogens with one attached hydrogen (secondary N) is 2. The van der Waals surface area contributed by atoms with Crippen molar-refractivity contribution in [1.82, 2.24) is 0 Å². The number of rotatable bonds is 3. The Hall–Kier alpha value is -2.41. The molecule has 1 unspecified atom stereocenters. The summed E-state index contributed by atoms with van der Waals surface area (Å²) in [5, 5.41) is 4.85. The Morgan fingerprint density at radius 2 is 1.96 bits per heavy atom. The van der Waals surface area contributed by atoms with Crippen LogP contribution in [0.3, 0.4) is 0 Å². The van der Waals surface area contributed by atoms with Crippen LogP contribution in [0, 0.1) is 11.6 Å². The minimum Gasteiger partial charge on any atom is -0.324 e. The Balaban J connectivity index is 1.74. The molecule has 1 aliphatic rings. The zero-order valence-corrected chi connectivity index (χ0v) is 13.5. The average Bonchev–Trinajstić information content (AvgIpc) is 2.52. The molecule has 7 heteroatoms. The van der Waals surface area contributed by atoms with Crippen molar-refractivity contribution in [3.8, 4) is 0 Å². The van der Waals surface area contributed by atoms with Crippen molar-refractivity contribution in [2.24, 2.45) is 0 Å². The van der Waals surface area contributed by atoms with Gasteiger partial charge in [0.25, 0.3) is 0 Å². The van der Waals surface area contributed by atoms with E-state index in [9.17, 15) is 18.4 Å². The molecule has 2 amide bonds. The zero-order valence-electron chi connectivity index (χ0n) is 12.7. The molecule has 1 aliphatic heterocycles. The number of halogens is 2. The van der Waals surface area contributed by atoms with Crippen LogP contribution in [0.2, 0.25) is 0 Å². The van der Waals surface area contributed by atoms with Crippen LogP contribution in [-0.4, -0.2) is 17.1 Å². The van der Waals surface area contributed by atoms with E-state index < -0.39 is 23.2 Å². The van der Waals surface area contributed by atoms with Crippen LogP contribution in [0.25, 0.3) is 0 Å². The lowest BCUT2D eigenvalue weighted by molar-refractivity contribution is -0.116. The van der Waals surface area contributed by atoms with Gasteiger partial charge in [0, 0.05) is 4.90 Å². The average molecular weight is 348 g/mol. The highest BCUT2D eigenvalue weighted by Gasteiger charge is 2.23. The van der Waals surface area contributed by atoms with Crippen molar-refractivity contribution >= 4 is 35.0 Å². The summed E-state index contributed by atoms with van der Waals surface area (Å²) in [6.07, 6.45) is -0.0584. The molecule has 2 aromatic rings. The van der Waals surface area contributed by atoms with Crippen molar-refractivity contribution in [1.29, 1.82) is 0 Å². The highest BCUT2D eigenvalue weighted by Crippen LogP contribution is 2.36. The van der Waals surface area contributed by atoms with Crippen LogP contribution < -0.4 is 10.6 Å². The van der Waals surface area contributed by atoms with Crippen molar-refractivity contribution in [2.75, 3.05) is 10.6 Å². The van der Waals surface area contributed by atoms with Crippen molar-refractivity contribution < 1.29 is 18.4 Å². The molecule has 0 fully saturated rings. The molecule has 124 valence electrons. The van der Waals surface area contributed by atoms with E-state index in [4.69, 9.17) is 0 Å². The van der Waals surface area contributed by atoms with Gasteiger partial charge in [-0.15, -0.1) is 11.8 Å². The molecule has 24 heavy (non-hydrogen) atoms. The predicted molar refractivity (Wildman–Crippen MR) is 89.1 cm³/mol. The molecule has 0 bridgehead atoms. The van der Waals surface area contributed by atoms with Crippen LogP contribution in [0.1, 0.15) is 12.5 Å². The highest BCUT2D eigenvalue weighted by molar-refractivity contribution is 8.00. The second kappa shape index (κ2) is 6.60. The lowest BCUT2D eigenvalue weighted by atomic mass is 10.1. The summed E-state index contributed by atoms with van der Waals surface area (Å²) in [4.78, 5) is 24.7. The maximum atomic E-state index is 13.5. The predicted octanol–water partition coefficient (Wildman–Crippen LogP) is 3.58. The van der Waals surface area contributed by atoms with Crippen LogP contribution in [0.15, 0.2) is 41.3 Å². The van der Waals surface area contributed by atoms with Crippen LogP contribution in [-0.2, 0) is 16.0 Å². The molecule has 2 N–H and O–H groups in total. The van der Waals surface area contributed by atoms with Gasteiger partial charge in [0.1, 0.15) is 17.3 Å². The van der Waals surface area contributed by atoms with E-state index in [1.54, 1.807) is 12.1 Å². The minimum atomic E-state index is -0.827. The fourth-order valence-electron chi connectivity index (χ4n) is 2.35. The summed E-state index contributed by atoms with van der Waals surface area (Å²) in [5.74, 6) is -2.29. The molecule has 0 saturated heterocycles. The van der Waals surface area contributed by atoms with Crippen molar-refractivity contribution in [3.05, 3.63) is 53.6 Å². The maximum absolute atomic E-state index is 13.5. The Kier molecular flexibility index (Phi) is 4.53. The highest BCUT2D eigenvalue weighted by atomic mass is 32.2. The molecular weight excluding hydrogens is 334 g/mol. The third kappa shape index (κ3) is 3.41. The summed E-state index contributed by atoms with van der Waals surface area (Å²) in [5.41, 5.74) is 0.821. The Bertz CT molecular complexity index is 806.